The lowest BCUT2D eigenvalue weighted by atomic mass is 9.99. The molecule has 40 heavy (non-hydrogen) atoms. The molecule has 204 valence electrons. The van der Waals surface area contributed by atoms with Crippen LogP contribution in [0.1, 0.15) is 35.3 Å². The summed E-state index contributed by atoms with van der Waals surface area (Å²) in [6, 6.07) is 20.5. The zero-order valence-electron chi connectivity index (χ0n) is 21.9. The Morgan fingerprint density at radius 1 is 1.10 bits per heavy atom. The highest BCUT2D eigenvalue weighted by Crippen LogP contribution is 2.35. The van der Waals surface area contributed by atoms with Crippen LogP contribution in [0.15, 0.2) is 85.3 Å². The molecule has 1 fully saturated rings. The number of fused-ring (bicyclic) bond motifs is 1. The second kappa shape index (κ2) is 10.6. The third kappa shape index (κ3) is 4.94. The van der Waals surface area contributed by atoms with Crippen molar-refractivity contribution in [3.63, 3.8) is 0 Å². The van der Waals surface area contributed by atoms with Gasteiger partial charge in [0.15, 0.2) is 6.10 Å². The average molecular weight is 540 g/mol. The summed E-state index contributed by atoms with van der Waals surface area (Å²) in [5.41, 5.74) is 2.66. The zero-order chi connectivity index (χ0) is 27.7. The van der Waals surface area contributed by atoms with Gasteiger partial charge in [-0.1, -0.05) is 42.5 Å². The number of pyridine rings is 1. The van der Waals surface area contributed by atoms with E-state index in [4.69, 9.17) is 9.47 Å². The minimum absolute atomic E-state index is 0.0405. The van der Waals surface area contributed by atoms with E-state index < -0.39 is 29.6 Å². The lowest BCUT2D eigenvalue weighted by Crippen LogP contribution is -2.53. The molecule has 0 radical (unpaired) electrons. The monoisotopic (exact) mass is 539 g/mol. The number of nitrogens with one attached hydrogen (secondary N) is 1. The predicted octanol–water partition coefficient (Wildman–Crippen LogP) is 2.70. The molecule has 0 spiro atoms. The summed E-state index contributed by atoms with van der Waals surface area (Å²) in [7, 11) is 0. The van der Waals surface area contributed by atoms with Crippen LogP contribution in [0.2, 0.25) is 0 Å². The molecule has 2 aromatic heterocycles. The molecule has 0 saturated carbocycles. The van der Waals surface area contributed by atoms with Crippen molar-refractivity contribution in [3.05, 3.63) is 108 Å². The number of amides is 2. The number of aliphatic hydroxyl groups excluding tert-OH is 1. The first kappa shape index (κ1) is 25.7. The van der Waals surface area contributed by atoms with Crippen molar-refractivity contribution in [1.82, 2.24) is 25.0 Å². The summed E-state index contributed by atoms with van der Waals surface area (Å²) in [4.78, 5) is 32.2. The summed E-state index contributed by atoms with van der Waals surface area (Å²) in [5, 5.41) is 18.2. The van der Waals surface area contributed by atoms with E-state index in [0.29, 0.717) is 18.9 Å². The molecule has 10 nitrogen and oxygen atoms in total. The summed E-state index contributed by atoms with van der Waals surface area (Å²) >= 11 is 0. The van der Waals surface area contributed by atoms with Gasteiger partial charge in [0.1, 0.15) is 18.0 Å². The highest BCUT2D eigenvalue weighted by Gasteiger charge is 2.61. The topological polar surface area (TPSA) is 122 Å². The summed E-state index contributed by atoms with van der Waals surface area (Å²) in [6.45, 7) is 2.77. The van der Waals surface area contributed by atoms with Gasteiger partial charge in [0.25, 0.3) is 11.8 Å². The number of hydrogen-bond donors (Lipinski definition) is 2. The fraction of sp³-hybridized carbons (Fsp3) is 0.267. The first-order chi connectivity index (χ1) is 19.4. The lowest BCUT2D eigenvalue weighted by Gasteiger charge is -2.25. The summed E-state index contributed by atoms with van der Waals surface area (Å²) in [6.07, 6.45) is 3.57. The zero-order valence-corrected chi connectivity index (χ0v) is 21.9. The number of ether oxygens (including phenoxy) is 2. The van der Waals surface area contributed by atoms with Gasteiger partial charge in [-0.15, -0.1) is 0 Å². The van der Waals surface area contributed by atoms with E-state index in [1.165, 1.54) is 4.90 Å². The molecule has 0 aliphatic carbocycles. The van der Waals surface area contributed by atoms with Gasteiger partial charge in [0, 0.05) is 25.1 Å². The number of carbonyl (C=O) groups excluding carboxylic acids is 2. The van der Waals surface area contributed by atoms with Crippen LogP contribution < -0.4 is 10.1 Å². The maximum Gasteiger partial charge on any atom is 0.258 e. The lowest BCUT2D eigenvalue weighted by molar-refractivity contribution is -0.150. The summed E-state index contributed by atoms with van der Waals surface area (Å²) in [5.74, 6) is -0.502. The largest absolute Gasteiger partial charge is 0.487 e. The van der Waals surface area contributed by atoms with Crippen LogP contribution in [0.4, 0.5) is 0 Å². The Morgan fingerprint density at radius 2 is 1.93 bits per heavy atom. The smallest absolute Gasteiger partial charge is 0.258 e. The third-order valence-corrected chi connectivity index (χ3v) is 7.33. The Balaban J connectivity index is 1.16. The highest BCUT2D eigenvalue weighted by molar-refractivity contribution is 5.96. The average Bonchev–Trinajstić information content (AvgIpc) is 3.40. The number of rotatable bonds is 9. The van der Waals surface area contributed by atoms with Crippen molar-refractivity contribution < 1.29 is 24.2 Å². The van der Waals surface area contributed by atoms with Crippen LogP contribution in [-0.2, 0) is 34.0 Å². The molecule has 4 aromatic rings. The van der Waals surface area contributed by atoms with Gasteiger partial charge in [-0.05, 0) is 47.9 Å². The first-order valence-corrected chi connectivity index (χ1v) is 13.1. The second-order valence-corrected chi connectivity index (χ2v) is 10.0. The van der Waals surface area contributed by atoms with Crippen molar-refractivity contribution in [2.24, 2.45) is 0 Å². The molecule has 2 aromatic carbocycles. The number of benzene rings is 2. The van der Waals surface area contributed by atoms with Crippen molar-refractivity contribution in [3.8, 4) is 11.4 Å². The number of aromatic nitrogens is 3. The van der Waals surface area contributed by atoms with Gasteiger partial charge >= 0.3 is 0 Å². The second-order valence-electron chi connectivity index (χ2n) is 10.0. The molecular formula is C30H29N5O5. The standard InChI is InChI=1S/C30H29N5O5/c1-20(22-10-11-25(35-14-6-13-32-35)26(15-22)39-18-21-7-3-2-4-8-21)33-29(38)30(19-40-30)27(36)28(37)34-16-23-9-5-12-31-24(23)17-34/h2-15,20,27,36H,16-19H2,1H3,(H,33,38)/t20-,27+,30-/m1/s1. The molecule has 0 unspecified atom stereocenters. The molecule has 2 N–H and O–H groups in total. The first-order valence-electron chi connectivity index (χ1n) is 13.1. The van der Waals surface area contributed by atoms with Gasteiger partial charge in [-0.25, -0.2) is 4.68 Å². The molecule has 6 rings (SSSR count). The minimum atomic E-state index is -1.62. The number of nitrogens with zero attached hydrogens (tertiary/aromatic N) is 4. The minimum Gasteiger partial charge on any atom is -0.487 e. The molecule has 3 atom stereocenters. The van der Waals surface area contributed by atoms with E-state index in [9.17, 15) is 14.7 Å². The van der Waals surface area contributed by atoms with E-state index in [2.05, 4.69) is 15.4 Å². The van der Waals surface area contributed by atoms with E-state index in [-0.39, 0.29) is 13.2 Å². The van der Waals surface area contributed by atoms with Crippen LogP contribution in [0.5, 0.6) is 5.75 Å². The van der Waals surface area contributed by atoms with Gasteiger partial charge in [-0.3, -0.25) is 14.6 Å². The number of hydrogen-bond acceptors (Lipinski definition) is 7. The van der Waals surface area contributed by atoms with Crippen LogP contribution in [0.3, 0.4) is 0 Å². The van der Waals surface area contributed by atoms with Gasteiger partial charge in [0.2, 0.25) is 5.60 Å². The Morgan fingerprint density at radius 3 is 2.65 bits per heavy atom. The Kier molecular flexibility index (Phi) is 6.79. The van der Waals surface area contributed by atoms with E-state index >= 15 is 0 Å². The van der Waals surface area contributed by atoms with Crippen molar-refractivity contribution in [2.45, 2.75) is 44.4 Å². The maximum absolute atomic E-state index is 13.3. The summed E-state index contributed by atoms with van der Waals surface area (Å²) < 4.78 is 13.3. The fourth-order valence-electron chi connectivity index (χ4n) is 4.87. The Labute approximate surface area is 231 Å². The normalized spacial score (nSPS) is 19.0. The van der Waals surface area contributed by atoms with Gasteiger partial charge in [-0.2, -0.15) is 5.10 Å². The van der Waals surface area contributed by atoms with Gasteiger partial charge < -0.3 is 24.8 Å². The van der Waals surface area contributed by atoms with E-state index in [1.54, 1.807) is 17.1 Å². The molecular weight excluding hydrogens is 510 g/mol. The van der Waals surface area contributed by atoms with Crippen LogP contribution in [-0.4, -0.2) is 54.9 Å². The predicted molar refractivity (Wildman–Crippen MR) is 144 cm³/mol. The number of carbonyl (C=O) groups is 2. The molecule has 0 bridgehead atoms. The highest BCUT2D eigenvalue weighted by atomic mass is 16.6. The number of epoxide rings is 1. The third-order valence-electron chi connectivity index (χ3n) is 7.33. The van der Waals surface area contributed by atoms with E-state index in [1.807, 2.05) is 79.9 Å². The Hall–Kier alpha value is -4.54. The van der Waals surface area contributed by atoms with Crippen LogP contribution in [0, 0.1) is 0 Å². The van der Waals surface area contributed by atoms with Crippen LogP contribution >= 0.6 is 0 Å². The molecule has 2 aliphatic heterocycles. The molecule has 1 saturated heterocycles. The number of aliphatic hydroxyl groups is 1. The molecule has 4 heterocycles. The fourth-order valence-corrected chi connectivity index (χ4v) is 4.87. The molecule has 2 amide bonds. The van der Waals surface area contributed by atoms with Gasteiger partial charge in [0.05, 0.1) is 24.9 Å². The SMILES string of the molecule is C[C@@H](NC(=O)[C@]1([C@@H](O)C(=O)N2Cc3cccnc3C2)CO1)c1ccc(-n2cccn2)c(OCc2ccccc2)c1. The Bertz CT molecular complexity index is 1500. The van der Waals surface area contributed by atoms with Crippen molar-refractivity contribution in [2.75, 3.05) is 6.61 Å². The molecule has 2 aliphatic rings. The quantitative estimate of drug-likeness (QED) is 0.314. The van der Waals surface area contributed by atoms with Crippen LogP contribution in [0.25, 0.3) is 5.69 Å². The molecule has 10 heteroatoms. The van der Waals surface area contributed by atoms with Crippen molar-refractivity contribution in [1.29, 1.82) is 0 Å². The maximum atomic E-state index is 13.3. The van der Waals surface area contributed by atoms with E-state index in [0.717, 1.165) is 28.1 Å². The van der Waals surface area contributed by atoms with Crippen molar-refractivity contribution >= 4 is 11.8 Å².